The Morgan fingerprint density at radius 3 is 2.88 bits per heavy atom. The van der Waals surface area contributed by atoms with Crippen LogP contribution < -0.4 is 5.32 Å². The molecule has 16 heavy (non-hydrogen) atoms. The van der Waals surface area contributed by atoms with Crippen molar-refractivity contribution in [2.45, 2.75) is 39.0 Å². The number of nitrogens with one attached hydrogen (secondary N) is 1. The Balaban J connectivity index is 2.06. The predicted octanol–water partition coefficient (Wildman–Crippen LogP) is 1.59. The van der Waals surface area contributed by atoms with E-state index in [2.05, 4.69) is 12.2 Å². The highest BCUT2D eigenvalue weighted by Crippen LogP contribution is 2.14. The van der Waals surface area contributed by atoms with Gasteiger partial charge in [-0.05, 0) is 12.8 Å². The van der Waals surface area contributed by atoms with Crippen molar-refractivity contribution in [3.8, 4) is 0 Å². The summed E-state index contributed by atoms with van der Waals surface area (Å²) < 4.78 is 0. The molecule has 0 aromatic heterocycles. The van der Waals surface area contributed by atoms with Crippen LogP contribution in [-0.2, 0) is 0 Å². The quantitative estimate of drug-likeness (QED) is 0.678. The number of aliphatic hydroxyl groups is 1. The van der Waals surface area contributed by atoms with Crippen LogP contribution in [0.25, 0.3) is 0 Å². The highest BCUT2D eigenvalue weighted by atomic mass is 16.3. The fourth-order valence-corrected chi connectivity index (χ4v) is 2.03. The molecular weight excluding hydrogens is 204 g/mol. The van der Waals surface area contributed by atoms with Crippen LogP contribution in [0.5, 0.6) is 0 Å². The molecule has 2 amide bonds. The second-order valence-corrected chi connectivity index (χ2v) is 4.58. The third-order valence-corrected chi connectivity index (χ3v) is 3.14. The maximum absolute atomic E-state index is 11.7. The smallest absolute Gasteiger partial charge is 0.317 e. The van der Waals surface area contributed by atoms with Gasteiger partial charge in [0.25, 0.3) is 0 Å². The van der Waals surface area contributed by atoms with Crippen molar-refractivity contribution in [3.63, 3.8) is 0 Å². The predicted molar refractivity (Wildman–Crippen MR) is 64.3 cm³/mol. The van der Waals surface area contributed by atoms with Crippen molar-refractivity contribution in [2.75, 3.05) is 26.2 Å². The number of rotatable bonds is 6. The van der Waals surface area contributed by atoms with Crippen molar-refractivity contribution in [1.29, 1.82) is 0 Å². The van der Waals surface area contributed by atoms with Gasteiger partial charge in [0.2, 0.25) is 0 Å². The number of unbranched alkanes of at least 4 members (excludes halogenated alkanes) is 3. The van der Waals surface area contributed by atoms with Gasteiger partial charge in [-0.3, -0.25) is 0 Å². The average Bonchev–Trinajstić information content (AvgIpc) is 2.77. The Hall–Kier alpha value is -0.770. The summed E-state index contributed by atoms with van der Waals surface area (Å²) in [4.78, 5) is 13.5. The number of carbonyl (C=O) groups excluding carboxylic acids is 1. The molecule has 4 heteroatoms. The Labute approximate surface area is 98.0 Å². The minimum atomic E-state index is 0.0347. The third-order valence-electron chi connectivity index (χ3n) is 3.14. The molecule has 1 aliphatic heterocycles. The van der Waals surface area contributed by atoms with Crippen LogP contribution in [0.3, 0.4) is 0 Å². The normalized spacial score (nSPS) is 20.1. The van der Waals surface area contributed by atoms with Crippen molar-refractivity contribution in [2.24, 2.45) is 5.92 Å². The molecule has 0 aromatic carbocycles. The number of hydrogen-bond acceptors (Lipinski definition) is 2. The first-order valence-electron chi connectivity index (χ1n) is 6.41. The fourth-order valence-electron chi connectivity index (χ4n) is 2.03. The van der Waals surface area contributed by atoms with E-state index in [0.717, 1.165) is 25.9 Å². The number of aliphatic hydroxyl groups excluding tert-OH is 1. The minimum absolute atomic E-state index is 0.0347. The van der Waals surface area contributed by atoms with Gasteiger partial charge < -0.3 is 15.3 Å². The summed E-state index contributed by atoms with van der Waals surface area (Å²) in [7, 11) is 0. The third kappa shape index (κ3) is 4.39. The molecule has 1 fully saturated rings. The van der Waals surface area contributed by atoms with Crippen LogP contribution in [0, 0.1) is 5.92 Å². The summed E-state index contributed by atoms with van der Waals surface area (Å²) in [6, 6.07) is 0.0347. The second kappa shape index (κ2) is 7.49. The largest absolute Gasteiger partial charge is 0.396 e. The van der Waals surface area contributed by atoms with Crippen LogP contribution in [0.1, 0.15) is 39.0 Å². The first-order chi connectivity index (χ1) is 7.77. The average molecular weight is 228 g/mol. The first-order valence-corrected chi connectivity index (χ1v) is 6.41. The van der Waals surface area contributed by atoms with Crippen LogP contribution in [-0.4, -0.2) is 42.3 Å². The van der Waals surface area contributed by atoms with Crippen LogP contribution in [0.15, 0.2) is 0 Å². The number of amides is 2. The molecule has 2 N–H and O–H groups in total. The van der Waals surface area contributed by atoms with Gasteiger partial charge in [0.05, 0.1) is 0 Å². The molecule has 1 rings (SSSR count). The maximum Gasteiger partial charge on any atom is 0.317 e. The maximum atomic E-state index is 11.7. The lowest BCUT2D eigenvalue weighted by Gasteiger charge is -2.16. The number of nitrogens with zero attached hydrogens (tertiary/aromatic N) is 1. The molecule has 1 heterocycles. The van der Waals surface area contributed by atoms with Gasteiger partial charge in [-0.1, -0.05) is 26.2 Å². The molecule has 1 aliphatic rings. The van der Waals surface area contributed by atoms with E-state index in [0.29, 0.717) is 6.54 Å². The lowest BCUT2D eigenvalue weighted by atomic mass is 10.1. The Bertz CT molecular complexity index is 209. The van der Waals surface area contributed by atoms with Crippen molar-refractivity contribution in [1.82, 2.24) is 10.2 Å². The lowest BCUT2D eigenvalue weighted by Crippen LogP contribution is -2.39. The van der Waals surface area contributed by atoms with E-state index < -0.39 is 0 Å². The van der Waals surface area contributed by atoms with Gasteiger partial charge in [-0.2, -0.15) is 0 Å². The summed E-state index contributed by atoms with van der Waals surface area (Å²) in [6.45, 7) is 4.64. The fraction of sp³-hybridized carbons (Fsp3) is 0.917. The highest BCUT2D eigenvalue weighted by Gasteiger charge is 2.24. The van der Waals surface area contributed by atoms with Gasteiger partial charge in [-0.15, -0.1) is 0 Å². The summed E-state index contributed by atoms with van der Waals surface area (Å²) in [6.07, 6.45) is 5.65. The molecule has 1 unspecified atom stereocenters. The summed E-state index contributed by atoms with van der Waals surface area (Å²) in [5.41, 5.74) is 0. The summed E-state index contributed by atoms with van der Waals surface area (Å²) in [5, 5.41) is 11.9. The highest BCUT2D eigenvalue weighted by molar-refractivity contribution is 5.74. The molecule has 0 aliphatic carbocycles. The van der Waals surface area contributed by atoms with E-state index in [1.54, 1.807) is 4.90 Å². The second-order valence-electron chi connectivity index (χ2n) is 4.58. The van der Waals surface area contributed by atoms with Gasteiger partial charge in [0, 0.05) is 32.2 Å². The van der Waals surface area contributed by atoms with Crippen molar-refractivity contribution < 1.29 is 9.90 Å². The van der Waals surface area contributed by atoms with Crippen molar-refractivity contribution >= 4 is 6.03 Å². The van der Waals surface area contributed by atoms with Gasteiger partial charge >= 0.3 is 6.03 Å². The molecule has 1 atom stereocenters. The monoisotopic (exact) mass is 228 g/mol. The molecule has 0 radical (unpaired) electrons. The molecule has 0 spiro atoms. The first kappa shape index (κ1) is 13.3. The Morgan fingerprint density at radius 1 is 1.44 bits per heavy atom. The van der Waals surface area contributed by atoms with E-state index in [9.17, 15) is 4.79 Å². The zero-order valence-corrected chi connectivity index (χ0v) is 10.2. The zero-order valence-electron chi connectivity index (χ0n) is 10.2. The van der Waals surface area contributed by atoms with E-state index >= 15 is 0 Å². The van der Waals surface area contributed by atoms with E-state index in [1.807, 2.05) is 0 Å². The van der Waals surface area contributed by atoms with Gasteiger partial charge in [0.15, 0.2) is 0 Å². The summed E-state index contributed by atoms with van der Waals surface area (Å²) in [5.74, 6) is 0.283. The van der Waals surface area contributed by atoms with Gasteiger partial charge in [0.1, 0.15) is 0 Å². The molecule has 1 saturated heterocycles. The molecule has 94 valence electrons. The lowest BCUT2D eigenvalue weighted by molar-refractivity contribution is 0.198. The SMILES string of the molecule is CCCCCCNC(=O)N1CCC(CO)C1. The molecule has 0 bridgehead atoms. The van der Waals surface area contributed by atoms with Crippen LogP contribution >= 0.6 is 0 Å². The molecule has 4 nitrogen and oxygen atoms in total. The Morgan fingerprint density at radius 2 is 2.25 bits per heavy atom. The standard InChI is InChI=1S/C12H24N2O2/c1-2-3-4-5-7-13-12(16)14-8-6-11(9-14)10-15/h11,15H,2-10H2,1H3,(H,13,16). The molecular formula is C12H24N2O2. The minimum Gasteiger partial charge on any atom is -0.396 e. The molecule has 0 saturated carbocycles. The zero-order chi connectivity index (χ0) is 11.8. The van der Waals surface area contributed by atoms with Crippen molar-refractivity contribution in [3.05, 3.63) is 0 Å². The van der Waals surface area contributed by atoms with E-state index in [-0.39, 0.29) is 18.6 Å². The van der Waals surface area contributed by atoms with E-state index in [4.69, 9.17) is 5.11 Å². The topological polar surface area (TPSA) is 52.6 Å². The summed E-state index contributed by atoms with van der Waals surface area (Å²) >= 11 is 0. The van der Waals surface area contributed by atoms with Gasteiger partial charge in [-0.25, -0.2) is 4.79 Å². The van der Waals surface area contributed by atoms with Crippen LogP contribution in [0.4, 0.5) is 4.79 Å². The number of urea groups is 1. The molecule has 0 aromatic rings. The Kier molecular flexibility index (Phi) is 6.23. The number of carbonyl (C=O) groups is 1. The number of likely N-dealkylation sites (tertiary alicyclic amines) is 1. The number of hydrogen-bond donors (Lipinski definition) is 2. The van der Waals surface area contributed by atoms with E-state index in [1.165, 1.54) is 19.3 Å². The van der Waals surface area contributed by atoms with Crippen LogP contribution in [0.2, 0.25) is 0 Å².